The fourth-order valence-corrected chi connectivity index (χ4v) is 3.97. The number of hydrogen-bond donors (Lipinski definition) is 0. The van der Waals surface area contributed by atoms with Crippen LogP contribution in [0.5, 0.6) is 0 Å². The van der Waals surface area contributed by atoms with Gasteiger partial charge < -0.3 is 0 Å². The molecule has 0 saturated heterocycles. The molecule has 3 rings (SSSR count). The molecule has 0 aliphatic heterocycles. The first-order valence-corrected chi connectivity index (χ1v) is 11.1. The molecule has 146 valence electrons. The molecule has 2 aromatic carbocycles. The van der Waals surface area contributed by atoms with E-state index in [-0.39, 0.29) is 5.56 Å². The van der Waals surface area contributed by atoms with Gasteiger partial charge >= 0.3 is 0 Å². The number of rotatable bonds is 2. The summed E-state index contributed by atoms with van der Waals surface area (Å²) in [6.45, 7) is 3.90. The van der Waals surface area contributed by atoms with Crippen molar-refractivity contribution in [1.29, 1.82) is 0 Å². The van der Waals surface area contributed by atoms with Crippen LogP contribution in [0.1, 0.15) is 32.6 Å². The molecule has 1 heterocycles. The summed E-state index contributed by atoms with van der Waals surface area (Å²) in [4.78, 5) is 17.2. The van der Waals surface area contributed by atoms with Crippen molar-refractivity contribution in [2.45, 2.75) is 18.7 Å². The number of benzene rings is 2. The van der Waals surface area contributed by atoms with Crippen molar-refractivity contribution >= 4 is 27.2 Å². The molecule has 1 atom stereocenters. The Bertz CT molecular complexity index is 1280. The van der Waals surface area contributed by atoms with Crippen molar-refractivity contribution in [3.63, 3.8) is 0 Å². The molecule has 1 amide bonds. The maximum atomic E-state index is 13.0. The van der Waals surface area contributed by atoms with Gasteiger partial charge in [-0.1, -0.05) is 41.6 Å². The predicted molar refractivity (Wildman–Crippen MR) is 117 cm³/mol. The van der Waals surface area contributed by atoms with E-state index >= 15 is 0 Å². The van der Waals surface area contributed by atoms with Crippen LogP contribution in [-0.2, 0) is 9.73 Å². The van der Waals surface area contributed by atoms with Crippen LogP contribution in [0.25, 0.3) is 0 Å². The summed E-state index contributed by atoms with van der Waals surface area (Å²) in [5.74, 6) is 5.31. The summed E-state index contributed by atoms with van der Waals surface area (Å²) in [5, 5.41) is 0.550. The van der Waals surface area contributed by atoms with E-state index in [2.05, 4.69) is 21.2 Å². The summed E-state index contributed by atoms with van der Waals surface area (Å²) in [6.07, 6.45) is 4.40. The van der Waals surface area contributed by atoms with Gasteiger partial charge in [-0.05, 0) is 55.3 Å². The van der Waals surface area contributed by atoms with Crippen molar-refractivity contribution < 1.29 is 9.00 Å². The summed E-state index contributed by atoms with van der Waals surface area (Å²) in [7, 11) is -2.88. The van der Waals surface area contributed by atoms with Crippen molar-refractivity contribution in [3.05, 3.63) is 93.8 Å². The third-order valence-corrected chi connectivity index (χ3v) is 6.35. The average Bonchev–Trinajstić information content (AvgIpc) is 2.69. The maximum absolute atomic E-state index is 13.0. The molecule has 0 radical (unpaired) electrons. The number of aryl methyl sites for hydroxylation is 2. The van der Waals surface area contributed by atoms with E-state index in [0.29, 0.717) is 21.0 Å². The number of carbonyl (C=O) groups is 1. The Hall–Kier alpha value is -2.94. The molecule has 1 aromatic heterocycles. The number of pyridine rings is 1. The van der Waals surface area contributed by atoms with Gasteiger partial charge in [0.1, 0.15) is 0 Å². The predicted octanol–water partition coefficient (Wildman–Crippen LogP) is 5.05. The van der Waals surface area contributed by atoms with E-state index in [1.54, 1.807) is 30.5 Å². The Morgan fingerprint density at radius 2 is 1.79 bits per heavy atom. The van der Waals surface area contributed by atoms with Crippen LogP contribution in [0, 0.1) is 25.7 Å². The van der Waals surface area contributed by atoms with Gasteiger partial charge in [0.2, 0.25) is 0 Å². The van der Waals surface area contributed by atoms with Crippen LogP contribution < -0.4 is 0 Å². The molecule has 29 heavy (non-hydrogen) atoms. The first-order chi connectivity index (χ1) is 13.8. The van der Waals surface area contributed by atoms with E-state index in [9.17, 15) is 9.00 Å². The monoisotopic (exact) mass is 422 g/mol. The highest BCUT2D eigenvalue weighted by Gasteiger charge is 2.13. The third kappa shape index (κ3) is 5.11. The number of hydrogen-bond acceptors (Lipinski definition) is 3. The highest BCUT2D eigenvalue weighted by atomic mass is 35.5. The van der Waals surface area contributed by atoms with E-state index in [4.69, 9.17) is 11.6 Å². The molecule has 1 unspecified atom stereocenters. The number of carbonyl (C=O) groups excluding carboxylic acids is 1. The van der Waals surface area contributed by atoms with Gasteiger partial charge in [0.05, 0.1) is 20.3 Å². The zero-order valence-electron chi connectivity index (χ0n) is 16.3. The summed E-state index contributed by atoms with van der Waals surface area (Å²) < 4.78 is 17.0. The number of halogens is 1. The first kappa shape index (κ1) is 20.8. The molecule has 0 aliphatic rings. The second kappa shape index (κ2) is 8.60. The normalized spacial score (nSPS) is 12.4. The van der Waals surface area contributed by atoms with Crippen LogP contribution in [0.15, 0.2) is 70.2 Å². The molecular weight excluding hydrogens is 404 g/mol. The molecule has 3 aromatic rings. The molecule has 0 bridgehead atoms. The fraction of sp³-hybridized carbons (Fsp3) is 0.130. The average molecular weight is 423 g/mol. The Labute approximate surface area is 176 Å². The van der Waals surface area contributed by atoms with Gasteiger partial charge in [0.15, 0.2) is 0 Å². The Morgan fingerprint density at radius 3 is 2.52 bits per heavy atom. The van der Waals surface area contributed by atoms with Gasteiger partial charge in [-0.3, -0.25) is 9.78 Å². The number of aromatic nitrogens is 1. The van der Waals surface area contributed by atoms with Crippen LogP contribution in [-0.4, -0.2) is 21.4 Å². The summed E-state index contributed by atoms with van der Waals surface area (Å²) in [6, 6.07) is 14.2. The lowest BCUT2D eigenvalue weighted by molar-refractivity contribution is 0.100. The minimum Gasteiger partial charge on any atom is -0.266 e. The minimum atomic E-state index is -2.88. The topological polar surface area (TPSA) is 59.4 Å². The minimum absolute atomic E-state index is 0.231. The molecule has 0 spiro atoms. The van der Waals surface area contributed by atoms with E-state index < -0.39 is 15.6 Å². The zero-order valence-corrected chi connectivity index (χ0v) is 17.8. The summed E-state index contributed by atoms with van der Waals surface area (Å²) >= 11 is 6.10. The lowest BCUT2D eigenvalue weighted by atomic mass is 10.1. The quantitative estimate of drug-likeness (QED) is 0.543. The van der Waals surface area contributed by atoms with Gasteiger partial charge in [0.25, 0.3) is 5.91 Å². The molecule has 0 aliphatic carbocycles. The third-order valence-electron chi connectivity index (χ3n) is 4.37. The molecule has 0 fully saturated rings. The highest BCUT2D eigenvalue weighted by Crippen LogP contribution is 2.18. The van der Waals surface area contributed by atoms with Crippen molar-refractivity contribution in [3.8, 4) is 11.8 Å². The van der Waals surface area contributed by atoms with E-state index in [1.807, 2.05) is 38.1 Å². The van der Waals surface area contributed by atoms with Gasteiger partial charge in [-0.25, -0.2) is 4.21 Å². The molecule has 6 heteroatoms. The van der Waals surface area contributed by atoms with Crippen LogP contribution >= 0.6 is 11.6 Å². The van der Waals surface area contributed by atoms with Crippen LogP contribution in [0.3, 0.4) is 0 Å². The smallest absolute Gasteiger partial charge is 0.266 e. The Morgan fingerprint density at radius 1 is 1.03 bits per heavy atom. The number of amides is 1. The molecular formula is C23H19ClN2O2S. The van der Waals surface area contributed by atoms with Gasteiger partial charge in [-0.15, -0.1) is 0 Å². The second-order valence-electron chi connectivity index (χ2n) is 6.64. The Balaban J connectivity index is 1.91. The number of nitrogens with zero attached hydrogens (tertiary/aromatic N) is 2. The van der Waals surface area contributed by atoms with Crippen LogP contribution in [0.2, 0.25) is 5.02 Å². The SMILES string of the molecule is Cc1ccc(S(C)(=O)=NC(=O)c2cncc(C#Cc3ccccc3Cl)c2)cc1C. The second-order valence-corrected chi connectivity index (χ2v) is 9.30. The van der Waals surface area contributed by atoms with Gasteiger partial charge in [-0.2, -0.15) is 4.36 Å². The lowest BCUT2D eigenvalue weighted by Crippen LogP contribution is -2.05. The van der Waals surface area contributed by atoms with Crippen molar-refractivity contribution in [1.82, 2.24) is 4.98 Å². The largest absolute Gasteiger partial charge is 0.286 e. The van der Waals surface area contributed by atoms with Gasteiger partial charge in [0, 0.05) is 34.7 Å². The lowest BCUT2D eigenvalue weighted by Gasteiger charge is -2.07. The van der Waals surface area contributed by atoms with Crippen molar-refractivity contribution in [2.24, 2.45) is 4.36 Å². The molecule has 0 saturated carbocycles. The molecule has 4 nitrogen and oxygen atoms in total. The van der Waals surface area contributed by atoms with E-state index in [0.717, 1.165) is 11.1 Å². The van der Waals surface area contributed by atoms with E-state index in [1.165, 1.54) is 12.5 Å². The fourth-order valence-electron chi connectivity index (χ4n) is 2.54. The van der Waals surface area contributed by atoms with Crippen molar-refractivity contribution in [2.75, 3.05) is 6.26 Å². The summed E-state index contributed by atoms with van der Waals surface area (Å²) in [5.41, 5.74) is 3.54. The Kier molecular flexibility index (Phi) is 6.17. The molecule has 0 N–H and O–H groups in total. The maximum Gasteiger partial charge on any atom is 0.286 e. The zero-order chi connectivity index (χ0) is 21.0. The first-order valence-electron chi connectivity index (χ1n) is 8.81. The highest BCUT2D eigenvalue weighted by molar-refractivity contribution is 7.93. The standard InChI is InChI=1S/C23H19ClN2O2S/c1-16-8-11-21(12-17(16)2)29(3,28)26-23(27)20-13-18(14-25-15-20)9-10-19-6-4-5-7-22(19)24/h4-8,11-15H,1-3H3. The van der Waals surface area contributed by atoms with Crippen LogP contribution in [0.4, 0.5) is 0 Å².